The molecule has 0 fully saturated rings. The van der Waals surface area contributed by atoms with Gasteiger partial charge in [0.1, 0.15) is 11.6 Å². The Hall–Kier alpha value is -3.55. The standard InChI is InChI=1S/C22H23F2N5O/c1-14-18(15(2)29(3)28-14)11-12-25-22(26-20-10-5-4-9-19(20)24)27-21(30)16-7-6-8-17(23)13-16/h4-10,13H,11-12H2,1-3H3,(H2,25,26,27,30). The van der Waals surface area contributed by atoms with E-state index in [4.69, 9.17) is 0 Å². The molecule has 3 aromatic rings. The van der Waals surface area contributed by atoms with Gasteiger partial charge < -0.3 is 5.32 Å². The van der Waals surface area contributed by atoms with Gasteiger partial charge in [0, 0.05) is 24.8 Å². The lowest BCUT2D eigenvalue weighted by atomic mass is 10.1. The summed E-state index contributed by atoms with van der Waals surface area (Å²) < 4.78 is 29.3. The lowest BCUT2D eigenvalue weighted by Gasteiger charge is -2.12. The summed E-state index contributed by atoms with van der Waals surface area (Å²) in [5, 5.41) is 9.80. The zero-order valence-electron chi connectivity index (χ0n) is 17.0. The molecule has 0 saturated heterocycles. The van der Waals surface area contributed by atoms with Crippen LogP contribution in [0.1, 0.15) is 27.3 Å². The van der Waals surface area contributed by atoms with E-state index in [9.17, 15) is 13.6 Å². The van der Waals surface area contributed by atoms with Gasteiger partial charge in [0.25, 0.3) is 5.91 Å². The molecule has 0 aliphatic carbocycles. The normalized spacial score (nSPS) is 11.4. The Morgan fingerprint density at radius 3 is 2.57 bits per heavy atom. The first-order chi connectivity index (χ1) is 14.3. The summed E-state index contributed by atoms with van der Waals surface area (Å²) in [5.74, 6) is -1.48. The van der Waals surface area contributed by atoms with Crippen LogP contribution in [0.15, 0.2) is 53.5 Å². The highest BCUT2D eigenvalue weighted by Gasteiger charge is 2.13. The first-order valence-corrected chi connectivity index (χ1v) is 9.47. The Kier molecular flexibility index (Phi) is 6.56. The summed E-state index contributed by atoms with van der Waals surface area (Å²) in [6.45, 7) is 4.24. The Morgan fingerprint density at radius 1 is 1.13 bits per heavy atom. The molecular formula is C22H23F2N5O. The Balaban J connectivity index is 1.80. The van der Waals surface area contributed by atoms with Crippen LogP contribution in [0.3, 0.4) is 0 Å². The molecule has 1 aromatic heterocycles. The SMILES string of the molecule is Cc1nn(C)c(C)c1CCN=C(NC(=O)c1cccc(F)c1)Nc1ccccc1F. The van der Waals surface area contributed by atoms with Crippen LogP contribution in [0.4, 0.5) is 14.5 Å². The smallest absolute Gasteiger partial charge is 0.258 e. The van der Waals surface area contributed by atoms with Crippen molar-refractivity contribution in [3.8, 4) is 0 Å². The van der Waals surface area contributed by atoms with Crippen LogP contribution in [-0.4, -0.2) is 28.2 Å². The maximum atomic E-state index is 14.1. The Labute approximate surface area is 173 Å². The monoisotopic (exact) mass is 411 g/mol. The summed E-state index contributed by atoms with van der Waals surface area (Å²) in [4.78, 5) is 16.9. The molecule has 30 heavy (non-hydrogen) atoms. The van der Waals surface area contributed by atoms with Crippen molar-refractivity contribution < 1.29 is 13.6 Å². The second-order valence-electron chi connectivity index (χ2n) is 6.82. The molecular weight excluding hydrogens is 388 g/mol. The number of benzene rings is 2. The van der Waals surface area contributed by atoms with Crippen LogP contribution in [0.5, 0.6) is 0 Å². The molecule has 0 unspecified atom stereocenters. The Bertz CT molecular complexity index is 1090. The number of aliphatic imine (C=N–C) groups is 1. The first-order valence-electron chi connectivity index (χ1n) is 9.47. The Morgan fingerprint density at radius 2 is 1.90 bits per heavy atom. The van der Waals surface area contributed by atoms with Crippen molar-refractivity contribution in [2.45, 2.75) is 20.3 Å². The van der Waals surface area contributed by atoms with E-state index in [1.54, 1.807) is 16.8 Å². The van der Waals surface area contributed by atoms with Crippen LogP contribution in [0.2, 0.25) is 0 Å². The molecule has 0 spiro atoms. The zero-order chi connectivity index (χ0) is 21.7. The first kappa shape index (κ1) is 21.2. The fourth-order valence-electron chi connectivity index (χ4n) is 3.07. The summed E-state index contributed by atoms with van der Waals surface area (Å²) in [6, 6.07) is 11.4. The third-order valence-corrected chi connectivity index (χ3v) is 4.74. The quantitative estimate of drug-likeness (QED) is 0.496. The number of nitrogens with one attached hydrogen (secondary N) is 2. The molecule has 0 bridgehead atoms. The second-order valence-corrected chi connectivity index (χ2v) is 6.82. The lowest BCUT2D eigenvalue weighted by molar-refractivity contribution is 0.0976. The number of amides is 1. The zero-order valence-corrected chi connectivity index (χ0v) is 17.0. The van der Waals surface area contributed by atoms with Crippen molar-refractivity contribution in [2.75, 3.05) is 11.9 Å². The molecule has 0 saturated carbocycles. The predicted molar refractivity (Wildman–Crippen MR) is 113 cm³/mol. The molecule has 0 aliphatic heterocycles. The number of halogens is 2. The van der Waals surface area contributed by atoms with Gasteiger partial charge in [0.15, 0.2) is 0 Å². The van der Waals surface area contributed by atoms with E-state index in [2.05, 4.69) is 20.7 Å². The number of anilines is 1. The summed E-state index contributed by atoms with van der Waals surface area (Å²) >= 11 is 0. The van der Waals surface area contributed by atoms with E-state index in [0.29, 0.717) is 13.0 Å². The van der Waals surface area contributed by atoms with Crippen molar-refractivity contribution in [3.05, 3.63) is 82.7 Å². The van der Waals surface area contributed by atoms with Crippen LogP contribution in [0.25, 0.3) is 0 Å². The van der Waals surface area contributed by atoms with Crippen molar-refractivity contribution in [1.82, 2.24) is 15.1 Å². The van der Waals surface area contributed by atoms with E-state index in [1.165, 1.54) is 30.3 Å². The number of aromatic nitrogens is 2. The number of rotatable bonds is 5. The van der Waals surface area contributed by atoms with Gasteiger partial charge in [0.05, 0.1) is 11.4 Å². The van der Waals surface area contributed by atoms with E-state index < -0.39 is 17.5 Å². The van der Waals surface area contributed by atoms with Gasteiger partial charge in [0.2, 0.25) is 5.96 Å². The molecule has 3 rings (SSSR count). The summed E-state index contributed by atoms with van der Waals surface area (Å²) in [5.41, 5.74) is 3.33. The fraction of sp³-hybridized carbons (Fsp3) is 0.227. The largest absolute Gasteiger partial charge is 0.323 e. The number of hydrogen-bond donors (Lipinski definition) is 2. The maximum absolute atomic E-state index is 14.1. The average Bonchev–Trinajstić information content (AvgIpc) is 2.95. The second kappa shape index (κ2) is 9.30. The lowest BCUT2D eigenvalue weighted by Crippen LogP contribution is -2.36. The number of carbonyl (C=O) groups is 1. The molecule has 156 valence electrons. The third kappa shape index (κ3) is 5.08. The average molecular weight is 411 g/mol. The molecule has 0 radical (unpaired) electrons. The van der Waals surface area contributed by atoms with Crippen LogP contribution < -0.4 is 10.6 Å². The highest BCUT2D eigenvalue weighted by molar-refractivity contribution is 6.10. The number of hydrogen-bond acceptors (Lipinski definition) is 3. The fourth-order valence-corrected chi connectivity index (χ4v) is 3.07. The number of para-hydroxylation sites is 1. The van der Waals surface area contributed by atoms with E-state index in [0.717, 1.165) is 23.0 Å². The van der Waals surface area contributed by atoms with Crippen molar-refractivity contribution in [3.63, 3.8) is 0 Å². The number of carbonyl (C=O) groups excluding carboxylic acids is 1. The molecule has 0 aliphatic rings. The highest BCUT2D eigenvalue weighted by Crippen LogP contribution is 2.14. The van der Waals surface area contributed by atoms with E-state index in [1.807, 2.05) is 20.9 Å². The van der Waals surface area contributed by atoms with Crippen LogP contribution in [-0.2, 0) is 13.5 Å². The van der Waals surface area contributed by atoms with Crippen molar-refractivity contribution in [1.29, 1.82) is 0 Å². The van der Waals surface area contributed by atoms with Crippen molar-refractivity contribution in [2.24, 2.45) is 12.0 Å². The number of nitrogens with zero attached hydrogens (tertiary/aromatic N) is 3. The van der Waals surface area contributed by atoms with Gasteiger partial charge in [-0.1, -0.05) is 18.2 Å². The summed E-state index contributed by atoms with van der Waals surface area (Å²) in [6.07, 6.45) is 0.601. The van der Waals surface area contributed by atoms with Gasteiger partial charge in [-0.05, 0) is 56.2 Å². The van der Waals surface area contributed by atoms with Gasteiger partial charge in [-0.3, -0.25) is 19.8 Å². The molecule has 1 heterocycles. The maximum Gasteiger partial charge on any atom is 0.258 e. The number of aryl methyl sites for hydroxylation is 2. The minimum absolute atomic E-state index is 0.0774. The topological polar surface area (TPSA) is 71.3 Å². The molecule has 0 atom stereocenters. The minimum Gasteiger partial charge on any atom is -0.323 e. The van der Waals surface area contributed by atoms with Gasteiger partial charge in [-0.15, -0.1) is 0 Å². The van der Waals surface area contributed by atoms with Gasteiger partial charge in [-0.2, -0.15) is 5.10 Å². The van der Waals surface area contributed by atoms with Crippen LogP contribution in [0, 0.1) is 25.5 Å². The van der Waals surface area contributed by atoms with Gasteiger partial charge >= 0.3 is 0 Å². The number of guanidine groups is 1. The van der Waals surface area contributed by atoms with Gasteiger partial charge in [-0.25, -0.2) is 8.78 Å². The molecule has 1 amide bonds. The van der Waals surface area contributed by atoms with Crippen LogP contribution >= 0.6 is 0 Å². The molecule has 6 nitrogen and oxygen atoms in total. The molecule has 2 N–H and O–H groups in total. The van der Waals surface area contributed by atoms with E-state index >= 15 is 0 Å². The third-order valence-electron chi connectivity index (χ3n) is 4.74. The molecule has 2 aromatic carbocycles. The predicted octanol–water partition coefficient (Wildman–Crippen LogP) is 3.76. The minimum atomic E-state index is -0.550. The highest BCUT2D eigenvalue weighted by atomic mass is 19.1. The molecule has 8 heteroatoms. The van der Waals surface area contributed by atoms with Crippen molar-refractivity contribution >= 4 is 17.6 Å². The summed E-state index contributed by atoms with van der Waals surface area (Å²) in [7, 11) is 1.87. The van der Waals surface area contributed by atoms with E-state index in [-0.39, 0.29) is 17.2 Å².